The Kier molecular flexibility index (Phi) is 5.27. The van der Waals surface area contributed by atoms with Crippen molar-refractivity contribution in [2.24, 2.45) is 0 Å². The molecule has 1 saturated carbocycles. The molecule has 3 rings (SSSR count). The van der Waals surface area contributed by atoms with Crippen LogP contribution in [0.4, 0.5) is 0 Å². The smallest absolute Gasteiger partial charge is 0.223 e. The summed E-state index contributed by atoms with van der Waals surface area (Å²) in [6.07, 6.45) is 6.66. The predicted octanol–water partition coefficient (Wildman–Crippen LogP) is 1.42. The number of carbonyl (C=O) groups excluding carboxylic acids is 1. The van der Waals surface area contributed by atoms with Crippen molar-refractivity contribution in [2.75, 3.05) is 19.8 Å². The second-order valence-corrected chi connectivity index (χ2v) is 6.61. The Morgan fingerprint density at radius 1 is 1.35 bits per heavy atom. The molecule has 2 fully saturated rings. The van der Waals surface area contributed by atoms with Crippen molar-refractivity contribution in [3.8, 4) is 0 Å². The molecule has 2 aliphatic rings. The van der Waals surface area contributed by atoms with Crippen LogP contribution in [0.15, 0.2) is 4.52 Å². The van der Waals surface area contributed by atoms with Crippen LogP contribution in [0.1, 0.15) is 56.7 Å². The molecule has 1 aliphatic carbocycles. The third kappa shape index (κ3) is 4.09. The quantitative estimate of drug-likeness (QED) is 0.815. The van der Waals surface area contributed by atoms with Gasteiger partial charge in [-0.1, -0.05) is 30.8 Å². The molecule has 1 aliphatic heterocycles. The van der Waals surface area contributed by atoms with E-state index < -0.39 is 5.54 Å². The molecule has 7 nitrogen and oxygen atoms in total. The zero-order chi connectivity index (χ0) is 16.1. The molecule has 0 bridgehead atoms. The lowest BCUT2D eigenvalue weighted by molar-refractivity contribution is -0.124. The van der Waals surface area contributed by atoms with Gasteiger partial charge in [0.25, 0.3) is 0 Å². The highest BCUT2D eigenvalue weighted by Crippen LogP contribution is 2.34. The number of nitrogens with one attached hydrogen (secondary N) is 2. The van der Waals surface area contributed by atoms with Gasteiger partial charge in [-0.3, -0.25) is 4.79 Å². The van der Waals surface area contributed by atoms with Crippen molar-refractivity contribution in [2.45, 2.75) is 63.5 Å². The molecule has 2 N–H and O–H groups in total. The molecule has 7 heteroatoms. The first-order valence-electron chi connectivity index (χ1n) is 8.61. The van der Waals surface area contributed by atoms with Gasteiger partial charge in [-0.05, 0) is 12.8 Å². The van der Waals surface area contributed by atoms with Gasteiger partial charge >= 0.3 is 0 Å². The Hall–Kier alpha value is -1.47. The van der Waals surface area contributed by atoms with E-state index in [1.807, 2.05) is 0 Å². The SMILES string of the molecule is Cc1nc(C2(NC(=O)CC3COCCN3)CCCCCC2)no1. The summed E-state index contributed by atoms with van der Waals surface area (Å²) in [6.45, 7) is 3.88. The first-order chi connectivity index (χ1) is 11.2. The maximum absolute atomic E-state index is 12.6. The van der Waals surface area contributed by atoms with Gasteiger partial charge in [0, 0.05) is 25.9 Å². The third-order valence-electron chi connectivity index (χ3n) is 4.72. The van der Waals surface area contributed by atoms with Crippen molar-refractivity contribution >= 4 is 5.91 Å². The van der Waals surface area contributed by atoms with E-state index in [0.717, 1.165) is 32.2 Å². The average molecular weight is 322 g/mol. The average Bonchev–Trinajstić information content (AvgIpc) is 2.85. The second kappa shape index (κ2) is 7.40. The van der Waals surface area contributed by atoms with Crippen molar-refractivity contribution < 1.29 is 14.1 Å². The van der Waals surface area contributed by atoms with Gasteiger partial charge in [0.2, 0.25) is 11.8 Å². The molecule has 0 radical (unpaired) electrons. The monoisotopic (exact) mass is 322 g/mol. The zero-order valence-electron chi connectivity index (χ0n) is 13.8. The van der Waals surface area contributed by atoms with Gasteiger partial charge in [0.15, 0.2) is 5.82 Å². The fourth-order valence-corrected chi connectivity index (χ4v) is 3.52. The number of amides is 1. The minimum absolute atomic E-state index is 0.0253. The Morgan fingerprint density at radius 2 is 2.13 bits per heavy atom. The Bertz CT molecular complexity index is 517. The molecule has 23 heavy (non-hydrogen) atoms. The fourth-order valence-electron chi connectivity index (χ4n) is 3.52. The summed E-state index contributed by atoms with van der Waals surface area (Å²) in [6, 6.07) is 0.0820. The maximum atomic E-state index is 12.6. The largest absolute Gasteiger partial charge is 0.378 e. The summed E-state index contributed by atoms with van der Waals surface area (Å²) in [4.78, 5) is 17.0. The lowest BCUT2D eigenvalue weighted by Crippen LogP contribution is -2.50. The van der Waals surface area contributed by atoms with Crippen molar-refractivity contribution in [1.82, 2.24) is 20.8 Å². The highest BCUT2D eigenvalue weighted by atomic mass is 16.5. The van der Waals surface area contributed by atoms with E-state index in [1.54, 1.807) is 6.92 Å². The number of nitrogens with zero attached hydrogens (tertiary/aromatic N) is 2. The number of ether oxygens (including phenoxy) is 1. The van der Waals surface area contributed by atoms with Crippen LogP contribution in [0.2, 0.25) is 0 Å². The number of rotatable bonds is 4. The van der Waals surface area contributed by atoms with E-state index in [1.165, 1.54) is 12.8 Å². The molecular formula is C16H26N4O3. The number of aryl methyl sites for hydroxylation is 1. The minimum Gasteiger partial charge on any atom is -0.378 e. The van der Waals surface area contributed by atoms with Crippen LogP contribution in [0.3, 0.4) is 0 Å². The van der Waals surface area contributed by atoms with Crippen molar-refractivity contribution in [1.29, 1.82) is 0 Å². The normalized spacial score (nSPS) is 24.8. The fraction of sp³-hybridized carbons (Fsp3) is 0.812. The Balaban J connectivity index is 1.71. The van der Waals surface area contributed by atoms with Crippen LogP contribution < -0.4 is 10.6 Å². The molecule has 2 heterocycles. The first-order valence-corrected chi connectivity index (χ1v) is 8.61. The van der Waals surface area contributed by atoms with Crippen LogP contribution in [0.5, 0.6) is 0 Å². The van der Waals surface area contributed by atoms with Gasteiger partial charge < -0.3 is 19.9 Å². The Morgan fingerprint density at radius 3 is 2.74 bits per heavy atom. The van der Waals surface area contributed by atoms with Crippen LogP contribution in [0, 0.1) is 6.92 Å². The van der Waals surface area contributed by atoms with E-state index in [4.69, 9.17) is 9.26 Å². The molecule has 1 aromatic heterocycles. The molecule has 1 saturated heterocycles. The number of aromatic nitrogens is 2. The molecule has 0 spiro atoms. The minimum atomic E-state index is -0.485. The van der Waals surface area contributed by atoms with Gasteiger partial charge in [0.1, 0.15) is 5.54 Å². The van der Waals surface area contributed by atoms with Gasteiger partial charge in [-0.25, -0.2) is 0 Å². The standard InChI is InChI=1S/C16H26N4O3/c1-12-18-15(20-23-12)16(6-4-2-3-5-7-16)19-14(21)10-13-11-22-9-8-17-13/h13,17H,2-11H2,1H3,(H,19,21). The summed E-state index contributed by atoms with van der Waals surface area (Å²) in [5.41, 5.74) is -0.485. The zero-order valence-corrected chi connectivity index (χ0v) is 13.8. The number of hydrogen-bond acceptors (Lipinski definition) is 6. The summed E-state index contributed by atoms with van der Waals surface area (Å²) in [5, 5.41) is 10.7. The van der Waals surface area contributed by atoms with Gasteiger partial charge in [-0.15, -0.1) is 0 Å². The second-order valence-electron chi connectivity index (χ2n) is 6.61. The molecule has 0 aromatic carbocycles. The lowest BCUT2D eigenvalue weighted by Gasteiger charge is -2.32. The summed E-state index contributed by atoms with van der Waals surface area (Å²) in [7, 11) is 0. The molecule has 128 valence electrons. The molecular weight excluding hydrogens is 296 g/mol. The van der Waals surface area contributed by atoms with Crippen LogP contribution in [-0.4, -0.2) is 41.8 Å². The molecule has 1 atom stereocenters. The summed E-state index contributed by atoms with van der Waals surface area (Å²) in [5.74, 6) is 1.19. The maximum Gasteiger partial charge on any atom is 0.223 e. The topological polar surface area (TPSA) is 89.3 Å². The van der Waals surface area contributed by atoms with E-state index in [0.29, 0.717) is 31.3 Å². The van der Waals surface area contributed by atoms with E-state index in [2.05, 4.69) is 20.8 Å². The van der Waals surface area contributed by atoms with E-state index in [-0.39, 0.29) is 11.9 Å². The highest BCUT2D eigenvalue weighted by molar-refractivity contribution is 5.77. The molecule has 1 aromatic rings. The molecule has 1 amide bonds. The first kappa shape index (κ1) is 16.4. The lowest BCUT2D eigenvalue weighted by atomic mass is 9.88. The highest BCUT2D eigenvalue weighted by Gasteiger charge is 2.39. The summed E-state index contributed by atoms with van der Waals surface area (Å²) >= 11 is 0. The number of hydrogen-bond donors (Lipinski definition) is 2. The van der Waals surface area contributed by atoms with Gasteiger partial charge in [0.05, 0.1) is 13.2 Å². The third-order valence-corrected chi connectivity index (χ3v) is 4.72. The van der Waals surface area contributed by atoms with Crippen molar-refractivity contribution in [3.05, 3.63) is 11.7 Å². The number of carbonyl (C=O) groups is 1. The predicted molar refractivity (Wildman–Crippen MR) is 83.8 cm³/mol. The van der Waals surface area contributed by atoms with E-state index in [9.17, 15) is 4.79 Å². The van der Waals surface area contributed by atoms with Crippen LogP contribution in [0.25, 0.3) is 0 Å². The Labute approximate surface area is 136 Å². The summed E-state index contributed by atoms with van der Waals surface area (Å²) < 4.78 is 10.6. The number of morpholine rings is 1. The van der Waals surface area contributed by atoms with Crippen LogP contribution >= 0.6 is 0 Å². The van der Waals surface area contributed by atoms with Gasteiger partial charge in [-0.2, -0.15) is 4.98 Å². The van der Waals surface area contributed by atoms with E-state index >= 15 is 0 Å². The van der Waals surface area contributed by atoms with Crippen molar-refractivity contribution in [3.63, 3.8) is 0 Å². The molecule has 1 unspecified atom stereocenters. The van der Waals surface area contributed by atoms with Crippen LogP contribution in [-0.2, 0) is 15.1 Å².